The maximum absolute atomic E-state index is 12.1. The zero-order valence-corrected chi connectivity index (χ0v) is 13.7. The van der Waals surface area contributed by atoms with Gasteiger partial charge in [-0.25, -0.2) is 9.78 Å². The number of pyridine rings is 1. The van der Waals surface area contributed by atoms with Crippen LogP contribution < -0.4 is 11.1 Å². The molecule has 1 aromatic heterocycles. The van der Waals surface area contributed by atoms with Gasteiger partial charge in [0.2, 0.25) is 0 Å². The molecule has 2 aromatic rings. The number of nitrogens with one attached hydrogen (secondary N) is 1. The number of carbonyl (C=O) groups excluding carboxylic acids is 2. The SMILES string of the molecule is C[C@H](OC(=O)c1cc([N+](=O)[O-])ccc1N)C(=O)Nc1ccc(Cl)cn1. The lowest BCUT2D eigenvalue weighted by atomic mass is 10.1. The van der Waals surface area contributed by atoms with Crippen molar-refractivity contribution in [2.24, 2.45) is 0 Å². The van der Waals surface area contributed by atoms with E-state index in [2.05, 4.69) is 10.3 Å². The number of hydrogen-bond donors (Lipinski definition) is 2. The molecule has 25 heavy (non-hydrogen) atoms. The first kappa shape index (κ1) is 18.1. The van der Waals surface area contributed by atoms with E-state index in [0.717, 1.165) is 12.1 Å². The molecule has 0 spiro atoms. The van der Waals surface area contributed by atoms with E-state index in [1.54, 1.807) is 0 Å². The Morgan fingerprint density at radius 2 is 2.08 bits per heavy atom. The lowest BCUT2D eigenvalue weighted by Crippen LogP contribution is -2.30. The first-order chi connectivity index (χ1) is 11.8. The average Bonchev–Trinajstić information content (AvgIpc) is 2.56. The van der Waals surface area contributed by atoms with Crippen molar-refractivity contribution in [3.63, 3.8) is 0 Å². The van der Waals surface area contributed by atoms with E-state index in [0.29, 0.717) is 5.02 Å². The van der Waals surface area contributed by atoms with Gasteiger partial charge in [-0.3, -0.25) is 14.9 Å². The van der Waals surface area contributed by atoms with E-state index >= 15 is 0 Å². The first-order valence-electron chi connectivity index (χ1n) is 6.95. The summed E-state index contributed by atoms with van der Waals surface area (Å²) in [5.41, 5.74) is 5.12. The lowest BCUT2D eigenvalue weighted by molar-refractivity contribution is -0.384. The lowest BCUT2D eigenvalue weighted by Gasteiger charge is -2.14. The summed E-state index contributed by atoms with van der Waals surface area (Å²) in [5.74, 6) is -1.35. The van der Waals surface area contributed by atoms with Crippen molar-refractivity contribution < 1.29 is 19.2 Å². The largest absolute Gasteiger partial charge is 0.449 e. The van der Waals surface area contributed by atoms with Crippen molar-refractivity contribution in [1.82, 2.24) is 4.98 Å². The number of nitro benzene ring substituents is 1. The van der Waals surface area contributed by atoms with Crippen LogP contribution in [-0.4, -0.2) is 27.9 Å². The predicted octanol–water partition coefficient (Wildman–Crippen LogP) is 2.41. The fraction of sp³-hybridized carbons (Fsp3) is 0.133. The quantitative estimate of drug-likeness (QED) is 0.359. The fourth-order valence-corrected chi connectivity index (χ4v) is 1.90. The molecule has 0 aliphatic rings. The van der Waals surface area contributed by atoms with Gasteiger partial charge in [0.25, 0.3) is 11.6 Å². The topological polar surface area (TPSA) is 137 Å². The van der Waals surface area contributed by atoms with Crippen LogP contribution in [0, 0.1) is 10.1 Å². The van der Waals surface area contributed by atoms with E-state index < -0.39 is 22.9 Å². The smallest absolute Gasteiger partial charge is 0.341 e. The first-order valence-corrected chi connectivity index (χ1v) is 7.33. The summed E-state index contributed by atoms with van der Waals surface area (Å²) in [6, 6.07) is 6.38. The van der Waals surface area contributed by atoms with Crippen LogP contribution in [-0.2, 0) is 9.53 Å². The highest BCUT2D eigenvalue weighted by Crippen LogP contribution is 2.21. The summed E-state index contributed by atoms with van der Waals surface area (Å²) in [6.07, 6.45) is 0.168. The Hall–Kier alpha value is -3.20. The number of nitro groups is 1. The number of esters is 1. The number of nitrogens with zero attached hydrogens (tertiary/aromatic N) is 2. The molecule has 0 saturated heterocycles. The predicted molar refractivity (Wildman–Crippen MR) is 90.3 cm³/mol. The Bertz CT molecular complexity index is 825. The van der Waals surface area contributed by atoms with Crippen molar-refractivity contribution in [3.8, 4) is 0 Å². The second-order valence-electron chi connectivity index (χ2n) is 4.93. The molecule has 0 fully saturated rings. The molecule has 1 amide bonds. The standard InChI is InChI=1S/C15H13ClN4O5/c1-8(14(21)19-13-5-2-9(16)7-18-13)25-15(22)11-6-10(20(23)24)3-4-12(11)17/h2-8H,17H2,1H3,(H,18,19,21)/t8-/m0/s1. The van der Waals surface area contributed by atoms with Crippen LogP contribution in [0.5, 0.6) is 0 Å². The zero-order valence-electron chi connectivity index (χ0n) is 12.9. The van der Waals surface area contributed by atoms with Crippen LogP contribution in [0.2, 0.25) is 5.02 Å². The minimum Gasteiger partial charge on any atom is -0.449 e. The Morgan fingerprint density at radius 3 is 2.68 bits per heavy atom. The van der Waals surface area contributed by atoms with E-state index in [9.17, 15) is 19.7 Å². The van der Waals surface area contributed by atoms with Gasteiger partial charge in [-0.1, -0.05) is 11.6 Å². The number of benzene rings is 1. The van der Waals surface area contributed by atoms with E-state index in [-0.39, 0.29) is 22.8 Å². The summed E-state index contributed by atoms with van der Waals surface area (Å²) in [7, 11) is 0. The molecule has 0 saturated carbocycles. The Labute approximate surface area is 146 Å². The molecule has 10 heteroatoms. The van der Waals surface area contributed by atoms with Gasteiger partial charge in [-0.15, -0.1) is 0 Å². The Morgan fingerprint density at radius 1 is 1.36 bits per heavy atom. The number of nitrogens with two attached hydrogens (primary N) is 1. The van der Waals surface area contributed by atoms with Gasteiger partial charge < -0.3 is 15.8 Å². The summed E-state index contributed by atoms with van der Waals surface area (Å²) in [6.45, 7) is 1.34. The molecule has 1 aromatic carbocycles. The third-order valence-corrected chi connectivity index (χ3v) is 3.32. The number of amides is 1. The monoisotopic (exact) mass is 364 g/mol. The van der Waals surface area contributed by atoms with Crippen molar-refractivity contribution in [1.29, 1.82) is 0 Å². The van der Waals surface area contributed by atoms with Crippen molar-refractivity contribution in [2.75, 3.05) is 11.1 Å². The van der Waals surface area contributed by atoms with Crippen LogP contribution in [0.25, 0.3) is 0 Å². The number of nitrogen functional groups attached to an aromatic ring is 1. The molecular weight excluding hydrogens is 352 g/mol. The van der Waals surface area contributed by atoms with Gasteiger partial charge in [-0.2, -0.15) is 0 Å². The molecule has 0 unspecified atom stereocenters. The van der Waals surface area contributed by atoms with Crippen LogP contribution in [0.1, 0.15) is 17.3 Å². The second kappa shape index (κ2) is 7.58. The molecular formula is C15H13ClN4O5. The molecule has 0 aliphatic carbocycles. The third kappa shape index (κ3) is 4.64. The number of hydrogen-bond acceptors (Lipinski definition) is 7. The number of aromatic nitrogens is 1. The third-order valence-electron chi connectivity index (χ3n) is 3.10. The number of halogens is 1. The number of carbonyl (C=O) groups is 2. The highest BCUT2D eigenvalue weighted by Gasteiger charge is 2.22. The fourth-order valence-electron chi connectivity index (χ4n) is 1.79. The van der Waals surface area contributed by atoms with Gasteiger partial charge in [0, 0.05) is 24.0 Å². The minimum atomic E-state index is -1.18. The summed E-state index contributed by atoms with van der Waals surface area (Å²) in [4.78, 5) is 38.1. The van der Waals surface area contributed by atoms with Crippen LogP contribution in [0.4, 0.5) is 17.2 Å². The molecule has 1 heterocycles. The number of anilines is 2. The van der Waals surface area contributed by atoms with Crippen molar-refractivity contribution in [2.45, 2.75) is 13.0 Å². The normalized spacial score (nSPS) is 11.4. The number of ether oxygens (including phenoxy) is 1. The van der Waals surface area contributed by atoms with Crippen LogP contribution in [0.15, 0.2) is 36.5 Å². The molecule has 130 valence electrons. The second-order valence-corrected chi connectivity index (χ2v) is 5.36. The van der Waals surface area contributed by atoms with E-state index in [1.807, 2.05) is 0 Å². The molecule has 2 rings (SSSR count). The molecule has 1 atom stereocenters. The van der Waals surface area contributed by atoms with Crippen molar-refractivity contribution >= 4 is 40.7 Å². The van der Waals surface area contributed by atoms with E-state index in [4.69, 9.17) is 22.1 Å². The zero-order chi connectivity index (χ0) is 18.6. The summed E-state index contributed by atoms with van der Waals surface area (Å²) >= 11 is 5.69. The molecule has 0 bridgehead atoms. The van der Waals surface area contributed by atoms with Gasteiger partial charge in [0.1, 0.15) is 5.82 Å². The maximum Gasteiger partial charge on any atom is 0.341 e. The maximum atomic E-state index is 12.1. The van der Waals surface area contributed by atoms with Gasteiger partial charge in [0.15, 0.2) is 6.10 Å². The van der Waals surface area contributed by atoms with Crippen molar-refractivity contribution in [3.05, 3.63) is 57.2 Å². The summed E-state index contributed by atoms with van der Waals surface area (Å²) < 4.78 is 5.00. The van der Waals surface area contributed by atoms with Gasteiger partial charge in [0.05, 0.1) is 15.5 Å². The van der Waals surface area contributed by atoms with Crippen LogP contribution in [0.3, 0.4) is 0 Å². The number of non-ortho nitro benzene ring substituents is 1. The van der Waals surface area contributed by atoms with Gasteiger partial charge >= 0.3 is 5.97 Å². The molecule has 0 radical (unpaired) electrons. The highest BCUT2D eigenvalue weighted by molar-refractivity contribution is 6.30. The molecule has 0 aliphatic heterocycles. The minimum absolute atomic E-state index is 0.00239. The Balaban J connectivity index is 2.06. The molecule has 9 nitrogen and oxygen atoms in total. The van der Waals surface area contributed by atoms with E-state index in [1.165, 1.54) is 31.3 Å². The van der Waals surface area contributed by atoms with Crippen LogP contribution >= 0.6 is 11.6 Å². The highest BCUT2D eigenvalue weighted by atomic mass is 35.5. The average molecular weight is 365 g/mol. The summed E-state index contributed by atoms with van der Waals surface area (Å²) in [5, 5.41) is 13.6. The number of rotatable bonds is 5. The Kier molecular flexibility index (Phi) is 5.50. The molecule has 3 N–H and O–H groups in total. The van der Waals surface area contributed by atoms with Gasteiger partial charge in [-0.05, 0) is 25.1 Å².